The summed E-state index contributed by atoms with van der Waals surface area (Å²) in [6, 6.07) is 14.0. The van der Waals surface area contributed by atoms with Crippen molar-refractivity contribution in [3.63, 3.8) is 0 Å². The summed E-state index contributed by atoms with van der Waals surface area (Å²) < 4.78 is 5.20. The number of fused-ring (bicyclic) bond motifs is 1. The van der Waals surface area contributed by atoms with Crippen LogP contribution in [-0.4, -0.2) is 47.8 Å². The number of benzene rings is 2. The maximum Gasteiger partial charge on any atom is 0.271 e. The van der Waals surface area contributed by atoms with Gasteiger partial charge in [-0.1, -0.05) is 18.2 Å². The number of nitrogens with zero attached hydrogens (tertiary/aromatic N) is 3. The molecule has 3 aromatic rings. The Balaban J connectivity index is 1.47. The van der Waals surface area contributed by atoms with Crippen LogP contribution in [-0.2, 0) is 9.53 Å². The molecule has 0 radical (unpaired) electrons. The van der Waals surface area contributed by atoms with Crippen LogP contribution in [0, 0.1) is 5.92 Å². The highest BCUT2D eigenvalue weighted by Crippen LogP contribution is 2.36. The molecular formula is C24H25N5O3. The zero-order chi connectivity index (χ0) is 22.2. The molecule has 0 bridgehead atoms. The van der Waals surface area contributed by atoms with Crippen LogP contribution < -0.4 is 16.0 Å². The van der Waals surface area contributed by atoms with E-state index in [0.29, 0.717) is 30.3 Å². The van der Waals surface area contributed by atoms with E-state index in [-0.39, 0.29) is 24.2 Å². The van der Waals surface area contributed by atoms with E-state index in [1.165, 1.54) is 12.8 Å². The molecule has 5 rings (SSSR count). The van der Waals surface area contributed by atoms with E-state index in [1.54, 1.807) is 4.90 Å². The summed E-state index contributed by atoms with van der Waals surface area (Å²) in [5.41, 5.74) is 9.89. The third-order valence-electron chi connectivity index (χ3n) is 6.19. The first-order chi connectivity index (χ1) is 15.5. The molecule has 1 saturated carbocycles. The molecule has 0 spiro atoms. The van der Waals surface area contributed by atoms with Crippen molar-refractivity contribution in [3.05, 3.63) is 48.2 Å². The Morgan fingerprint density at radius 3 is 2.59 bits per heavy atom. The second-order valence-corrected chi connectivity index (χ2v) is 8.44. The first-order valence-electron chi connectivity index (χ1n) is 10.9. The first kappa shape index (κ1) is 20.4. The summed E-state index contributed by atoms with van der Waals surface area (Å²) in [5, 5.41) is 12.6. The molecule has 3 N–H and O–H groups in total. The summed E-state index contributed by atoms with van der Waals surface area (Å²) in [5.74, 6) is -0.0204. The largest absolute Gasteiger partial charge is 0.380 e. The molecule has 2 heterocycles. The van der Waals surface area contributed by atoms with E-state index in [2.05, 4.69) is 22.4 Å². The molecule has 1 aliphatic heterocycles. The number of nitrogens with one attached hydrogen (secondary N) is 1. The molecule has 2 aliphatic rings. The van der Waals surface area contributed by atoms with Crippen LogP contribution >= 0.6 is 0 Å². The van der Waals surface area contributed by atoms with Crippen LogP contribution in [0.2, 0.25) is 0 Å². The topological polar surface area (TPSA) is 110 Å². The minimum Gasteiger partial charge on any atom is -0.380 e. The Labute approximate surface area is 185 Å². The Kier molecular flexibility index (Phi) is 5.22. The molecule has 8 heteroatoms. The number of hydrogen-bond acceptors (Lipinski definition) is 6. The van der Waals surface area contributed by atoms with Gasteiger partial charge in [0.25, 0.3) is 11.8 Å². The van der Waals surface area contributed by atoms with Crippen molar-refractivity contribution in [3.8, 4) is 11.1 Å². The van der Waals surface area contributed by atoms with Crippen molar-refractivity contribution < 1.29 is 14.3 Å². The maximum absolute atomic E-state index is 12.1. The number of anilines is 2. The summed E-state index contributed by atoms with van der Waals surface area (Å²) in [7, 11) is 0. The summed E-state index contributed by atoms with van der Waals surface area (Å²) >= 11 is 0. The van der Waals surface area contributed by atoms with E-state index in [9.17, 15) is 9.59 Å². The monoisotopic (exact) mass is 431 g/mol. The minimum atomic E-state index is -0.595. The smallest absolute Gasteiger partial charge is 0.271 e. The fourth-order valence-electron chi connectivity index (χ4n) is 4.17. The molecule has 1 aromatic heterocycles. The first-order valence-corrected chi connectivity index (χ1v) is 10.9. The van der Waals surface area contributed by atoms with Gasteiger partial charge in [-0.05, 0) is 61.1 Å². The van der Waals surface area contributed by atoms with Crippen LogP contribution in [0.25, 0.3) is 22.0 Å². The van der Waals surface area contributed by atoms with Crippen molar-refractivity contribution in [1.82, 2.24) is 10.2 Å². The van der Waals surface area contributed by atoms with E-state index in [4.69, 9.17) is 10.5 Å². The number of primary amides is 1. The number of rotatable bonds is 6. The molecule has 1 aliphatic carbocycles. The average molecular weight is 431 g/mol. The number of nitrogens with two attached hydrogens (primary N) is 1. The Morgan fingerprint density at radius 2 is 1.91 bits per heavy atom. The van der Waals surface area contributed by atoms with Gasteiger partial charge in [-0.15, -0.1) is 10.2 Å². The highest BCUT2D eigenvalue weighted by atomic mass is 16.5. The van der Waals surface area contributed by atoms with Gasteiger partial charge in [0.1, 0.15) is 6.61 Å². The number of amides is 2. The van der Waals surface area contributed by atoms with Crippen LogP contribution in [0.5, 0.6) is 0 Å². The lowest BCUT2D eigenvalue weighted by molar-refractivity contribution is -0.125. The van der Waals surface area contributed by atoms with E-state index in [0.717, 1.165) is 22.2 Å². The van der Waals surface area contributed by atoms with Gasteiger partial charge in [-0.25, -0.2) is 0 Å². The third-order valence-corrected chi connectivity index (χ3v) is 6.19. The van der Waals surface area contributed by atoms with Crippen LogP contribution in [0.15, 0.2) is 42.5 Å². The molecule has 1 atom stereocenters. The predicted octanol–water partition coefficient (Wildman–Crippen LogP) is 2.97. The van der Waals surface area contributed by atoms with Gasteiger partial charge in [0, 0.05) is 23.7 Å². The molecule has 8 nitrogen and oxygen atoms in total. The second-order valence-electron chi connectivity index (χ2n) is 8.44. The highest BCUT2D eigenvalue weighted by molar-refractivity contribution is 6.05. The quantitative estimate of drug-likeness (QED) is 0.621. The molecule has 1 unspecified atom stereocenters. The fraction of sp³-hybridized carbons (Fsp3) is 0.333. The molecule has 32 heavy (non-hydrogen) atoms. The summed E-state index contributed by atoms with van der Waals surface area (Å²) in [4.78, 5) is 25.8. The maximum atomic E-state index is 12.1. The molecule has 164 valence electrons. The van der Waals surface area contributed by atoms with Gasteiger partial charge in [0.05, 0.1) is 17.8 Å². The predicted molar refractivity (Wildman–Crippen MR) is 122 cm³/mol. The third kappa shape index (κ3) is 3.89. The number of carbonyl (C=O) groups excluding carboxylic acids is 2. The van der Waals surface area contributed by atoms with E-state index < -0.39 is 5.91 Å². The molecule has 2 amide bonds. The lowest BCUT2D eigenvalue weighted by Gasteiger charge is -2.27. The molecule has 1 saturated heterocycles. The van der Waals surface area contributed by atoms with Crippen LogP contribution in [0.1, 0.15) is 30.3 Å². The normalized spacial score (nSPS) is 17.4. The summed E-state index contributed by atoms with van der Waals surface area (Å²) in [6.45, 7) is 3.33. The van der Waals surface area contributed by atoms with Crippen molar-refractivity contribution in [1.29, 1.82) is 0 Å². The van der Waals surface area contributed by atoms with Gasteiger partial charge in [0.15, 0.2) is 5.69 Å². The van der Waals surface area contributed by atoms with Crippen molar-refractivity contribution in [2.45, 2.75) is 25.8 Å². The lowest BCUT2D eigenvalue weighted by Crippen LogP contribution is -2.41. The lowest BCUT2D eigenvalue weighted by atomic mass is 10.0. The molecule has 2 fully saturated rings. The minimum absolute atomic E-state index is 0.0318. The SMILES string of the molecule is CC(Nc1c(C(N)=O)nnc2cc(-c3ccc(N4CCOCC4=O)cc3)ccc12)C1CC1. The number of hydrogen-bond donors (Lipinski definition) is 2. The number of carbonyl (C=O) groups is 2. The standard InChI is InChI=1S/C24H25N5O3/c1-14(15-2-3-15)26-22-19-9-6-17(12-20(19)27-28-23(22)24(25)31)16-4-7-18(8-5-16)29-10-11-32-13-21(29)30/h4-9,12,14-15H,2-3,10-11,13H2,1H3,(H2,25,31)(H,26,27). The van der Waals surface area contributed by atoms with Gasteiger partial charge >= 0.3 is 0 Å². The zero-order valence-electron chi connectivity index (χ0n) is 17.9. The van der Waals surface area contributed by atoms with Gasteiger partial charge in [-0.3, -0.25) is 9.59 Å². The Morgan fingerprint density at radius 1 is 1.16 bits per heavy atom. The number of aromatic nitrogens is 2. The summed E-state index contributed by atoms with van der Waals surface area (Å²) in [6.07, 6.45) is 2.37. The van der Waals surface area contributed by atoms with Gasteiger partial charge in [-0.2, -0.15) is 0 Å². The van der Waals surface area contributed by atoms with E-state index >= 15 is 0 Å². The number of morpholine rings is 1. The van der Waals surface area contributed by atoms with Gasteiger partial charge in [0.2, 0.25) is 0 Å². The van der Waals surface area contributed by atoms with E-state index in [1.807, 2.05) is 42.5 Å². The fourth-order valence-corrected chi connectivity index (χ4v) is 4.17. The second kappa shape index (κ2) is 8.20. The Bertz CT molecular complexity index is 1190. The van der Waals surface area contributed by atoms with Crippen LogP contribution in [0.3, 0.4) is 0 Å². The Hall–Kier alpha value is -3.52. The molecule has 2 aromatic carbocycles. The van der Waals surface area contributed by atoms with Crippen LogP contribution in [0.4, 0.5) is 11.4 Å². The van der Waals surface area contributed by atoms with Crippen molar-refractivity contribution in [2.24, 2.45) is 11.7 Å². The number of ether oxygens (including phenoxy) is 1. The molecular weight excluding hydrogens is 406 g/mol. The van der Waals surface area contributed by atoms with Crippen molar-refractivity contribution in [2.75, 3.05) is 30.0 Å². The highest BCUT2D eigenvalue weighted by Gasteiger charge is 2.29. The average Bonchev–Trinajstić information content (AvgIpc) is 3.65. The van der Waals surface area contributed by atoms with Gasteiger partial charge < -0.3 is 20.7 Å². The van der Waals surface area contributed by atoms with Crippen molar-refractivity contribution >= 4 is 34.1 Å². The zero-order valence-corrected chi connectivity index (χ0v) is 17.9.